The maximum Gasteiger partial charge on any atom is 0.336 e. The zero-order chi connectivity index (χ0) is 12.0. The van der Waals surface area contributed by atoms with Crippen molar-refractivity contribution in [3.05, 3.63) is 24.3 Å². The normalized spacial score (nSPS) is 11.6. The molecular formula is C9H11N3O4. The molecule has 0 aliphatic carbocycles. The number of aliphatic hydroxyl groups is 1. The number of rotatable bonds is 4. The van der Waals surface area contributed by atoms with E-state index in [-0.39, 0.29) is 12.1 Å². The van der Waals surface area contributed by atoms with Crippen molar-refractivity contribution in [1.82, 2.24) is 15.3 Å². The number of aromatic nitrogens is 2. The summed E-state index contributed by atoms with van der Waals surface area (Å²) in [5, 5.41) is 11.5. The van der Waals surface area contributed by atoms with Gasteiger partial charge < -0.3 is 15.2 Å². The topological polar surface area (TPSA) is 101 Å². The summed E-state index contributed by atoms with van der Waals surface area (Å²) >= 11 is 0. The van der Waals surface area contributed by atoms with Gasteiger partial charge in [0.25, 0.3) is 5.91 Å². The summed E-state index contributed by atoms with van der Waals surface area (Å²) in [5.74, 6) is -1.27. The van der Waals surface area contributed by atoms with Gasteiger partial charge in [0.2, 0.25) is 0 Å². The first-order valence-electron chi connectivity index (χ1n) is 4.44. The number of nitrogens with zero attached hydrogens (tertiary/aromatic N) is 2. The number of nitrogens with one attached hydrogen (secondary N) is 1. The summed E-state index contributed by atoms with van der Waals surface area (Å²) in [6.45, 7) is -0.222. The van der Waals surface area contributed by atoms with E-state index in [4.69, 9.17) is 0 Å². The molecule has 0 fully saturated rings. The van der Waals surface area contributed by atoms with E-state index in [1.165, 1.54) is 18.7 Å². The number of hydrogen-bond donors (Lipinski definition) is 2. The Morgan fingerprint density at radius 3 is 2.69 bits per heavy atom. The highest BCUT2D eigenvalue weighted by atomic mass is 16.5. The summed E-state index contributed by atoms with van der Waals surface area (Å²) in [6.07, 6.45) is 2.57. The van der Waals surface area contributed by atoms with E-state index in [1.54, 1.807) is 0 Å². The molecule has 7 nitrogen and oxygen atoms in total. The summed E-state index contributed by atoms with van der Waals surface area (Å²) < 4.78 is 4.29. The maximum absolute atomic E-state index is 11.4. The number of hydrogen-bond acceptors (Lipinski definition) is 6. The van der Waals surface area contributed by atoms with Crippen molar-refractivity contribution >= 4 is 11.9 Å². The third kappa shape index (κ3) is 3.28. The largest absolute Gasteiger partial charge is 0.467 e. The van der Waals surface area contributed by atoms with Gasteiger partial charge in [-0.05, 0) is 0 Å². The van der Waals surface area contributed by atoms with Gasteiger partial charge in [0, 0.05) is 12.4 Å². The lowest BCUT2D eigenvalue weighted by molar-refractivity contribution is -0.149. The van der Waals surface area contributed by atoms with Crippen LogP contribution in [0.2, 0.25) is 0 Å². The lowest BCUT2D eigenvalue weighted by Crippen LogP contribution is -2.37. The van der Waals surface area contributed by atoms with Crippen LogP contribution in [0, 0.1) is 0 Å². The van der Waals surface area contributed by atoms with E-state index in [0.29, 0.717) is 0 Å². The highest BCUT2D eigenvalue weighted by Gasteiger charge is 2.16. The number of carbonyl (C=O) groups excluding carboxylic acids is 2. The summed E-state index contributed by atoms with van der Waals surface area (Å²) in [5.41, 5.74) is 0.250. The first-order chi connectivity index (χ1) is 7.65. The van der Waals surface area contributed by atoms with E-state index < -0.39 is 18.0 Å². The van der Waals surface area contributed by atoms with Gasteiger partial charge in [-0.2, -0.15) is 0 Å². The van der Waals surface area contributed by atoms with Gasteiger partial charge in [-0.1, -0.05) is 0 Å². The van der Waals surface area contributed by atoms with E-state index in [9.17, 15) is 14.7 Å². The SMILES string of the molecule is COC(=O)C(O)CNC(=O)c1cncnc1. The minimum absolute atomic E-state index is 0.222. The molecule has 0 bridgehead atoms. The fourth-order valence-electron chi connectivity index (χ4n) is 0.927. The van der Waals surface area contributed by atoms with Crippen LogP contribution in [0.1, 0.15) is 10.4 Å². The van der Waals surface area contributed by atoms with Crippen molar-refractivity contribution < 1.29 is 19.4 Å². The maximum atomic E-state index is 11.4. The molecule has 0 saturated carbocycles. The second-order valence-electron chi connectivity index (χ2n) is 2.88. The number of aliphatic hydroxyl groups excluding tert-OH is 1. The molecule has 7 heteroatoms. The van der Waals surface area contributed by atoms with E-state index in [1.807, 2.05) is 0 Å². The number of ether oxygens (including phenoxy) is 1. The highest BCUT2D eigenvalue weighted by Crippen LogP contribution is 1.93. The number of methoxy groups -OCH3 is 1. The Morgan fingerprint density at radius 1 is 1.50 bits per heavy atom. The molecule has 1 amide bonds. The van der Waals surface area contributed by atoms with Crippen molar-refractivity contribution in [2.75, 3.05) is 13.7 Å². The lowest BCUT2D eigenvalue weighted by Gasteiger charge is -2.09. The second-order valence-corrected chi connectivity index (χ2v) is 2.88. The molecule has 86 valence electrons. The predicted octanol–water partition coefficient (Wildman–Crippen LogP) is -1.26. The number of amides is 1. The third-order valence-electron chi connectivity index (χ3n) is 1.75. The molecule has 1 atom stereocenters. The molecule has 1 unspecified atom stereocenters. The first kappa shape index (κ1) is 12.1. The van der Waals surface area contributed by atoms with Crippen LogP contribution in [-0.2, 0) is 9.53 Å². The Balaban J connectivity index is 2.45. The van der Waals surface area contributed by atoms with Gasteiger partial charge in [-0.25, -0.2) is 14.8 Å². The zero-order valence-electron chi connectivity index (χ0n) is 8.58. The quantitative estimate of drug-likeness (QED) is 0.620. The van der Waals surface area contributed by atoms with Crippen molar-refractivity contribution in [3.63, 3.8) is 0 Å². The molecule has 16 heavy (non-hydrogen) atoms. The van der Waals surface area contributed by atoms with E-state index in [0.717, 1.165) is 7.11 Å². The number of carbonyl (C=O) groups is 2. The van der Waals surface area contributed by atoms with Crippen LogP contribution in [0.4, 0.5) is 0 Å². The third-order valence-corrected chi connectivity index (χ3v) is 1.75. The van der Waals surface area contributed by atoms with Crippen molar-refractivity contribution in [1.29, 1.82) is 0 Å². The Bertz CT molecular complexity index is 368. The molecule has 0 aliphatic heterocycles. The Morgan fingerprint density at radius 2 is 2.12 bits per heavy atom. The van der Waals surface area contributed by atoms with Crippen LogP contribution in [0.5, 0.6) is 0 Å². The lowest BCUT2D eigenvalue weighted by atomic mass is 10.3. The van der Waals surface area contributed by atoms with Crippen LogP contribution < -0.4 is 5.32 Å². The van der Waals surface area contributed by atoms with Crippen molar-refractivity contribution in [3.8, 4) is 0 Å². The average Bonchev–Trinajstić information content (AvgIpc) is 2.35. The molecule has 1 aromatic heterocycles. The molecule has 2 N–H and O–H groups in total. The van der Waals surface area contributed by atoms with Gasteiger partial charge in [0.1, 0.15) is 6.33 Å². The van der Waals surface area contributed by atoms with Crippen molar-refractivity contribution in [2.45, 2.75) is 6.10 Å². The summed E-state index contributed by atoms with van der Waals surface area (Å²) in [6, 6.07) is 0. The van der Waals surface area contributed by atoms with Gasteiger partial charge >= 0.3 is 5.97 Å². The zero-order valence-corrected chi connectivity index (χ0v) is 8.58. The first-order valence-corrected chi connectivity index (χ1v) is 4.44. The predicted molar refractivity (Wildman–Crippen MR) is 52.4 cm³/mol. The second kappa shape index (κ2) is 5.76. The Labute approximate surface area is 91.5 Å². The van der Waals surface area contributed by atoms with Crippen LogP contribution in [0.3, 0.4) is 0 Å². The molecule has 0 aliphatic rings. The monoisotopic (exact) mass is 225 g/mol. The molecular weight excluding hydrogens is 214 g/mol. The smallest absolute Gasteiger partial charge is 0.336 e. The molecule has 0 aromatic carbocycles. The number of esters is 1. The fraction of sp³-hybridized carbons (Fsp3) is 0.333. The van der Waals surface area contributed by atoms with Crippen LogP contribution >= 0.6 is 0 Å². The van der Waals surface area contributed by atoms with Crippen LogP contribution in [-0.4, -0.2) is 46.7 Å². The van der Waals surface area contributed by atoms with Crippen molar-refractivity contribution in [2.24, 2.45) is 0 Å². The molecule has 1 rings (SSSR count). The summed E-state index contributed by atoms with van der Waals surface area (Å²) in [7, 11) is 1.15. The van der Waals surface area contributed by atoms with Crippen LogP contribution in [0.25, 0.3) is 0 Å². The van der Waals surface area contributed by atoms with Gasteiger partial charge in [-0.15, -0.1) is 0 Å². The van der Waals surface area contributed by atoms with E-state index >= 15 is 0 Å². The molecule has 0 radical (unpaired) electrons. The Kier molecular flexibility index (Phi) is 4.34. The van der Waals surface area contributed by atoms with Gasteiger partial charge in [0.05, 0.1) is 19.2 Å². The molecule has 0 spiro atoms. The van der Waals surface area contributed by atoms with Gasteiger partial charge in [-0.3, -0.25) is 4.79 Å². The minimum Gasteiger partial charge on any atom is -0.467 e. The van der Waals surface area contributed by atoms with E-state index in [2.05, 4.69) is 20.0 Å². The minimum atomic E-state index is -1.38. The van der Waals surface area contributed by atoms with Gasteiger partial charge in [0.15, 0.2) is 6.10 Å². The summed E-state index contributed by atoms with van der Waals surface area (Å²) in [4.78, 5) is 29.5. The fourth-order valence-corrected chi connectivity index (χ4v) is 0.927. The average molecular weight is 225 g/mol. The molecule has 1 heterocycles. The highest BCUT2D eigenvalue weighted by molar-refractivity contribution is 5.93. The van der Waals surface area contributed by atoms with Crippen LogP contribution in [0.15, 0.2) is 18.7 Å². The molecule has 1 aromatic rings. The Hall–Kier alpha value is -2.02. The standard InChI is InChI=1S/C9H11N3O4/c1-16-9(15)7(13)4-12-8(14)6-2-10-5-11-3-6/h2-3,5,7,13H,4H2,1H3,(H,12,14). The molecule has 0 saturated heterocycles.